The van der Waals surface area contributed by atoms with E-state index in [1.54, 1.807) is 12.1 Å². The van der Waals surface area contributed by atoms with Crippen LogP contribution >= 0.6 is 0 Å². The predicted molar refractivity (Wildman–Crippen MR) is 101 cm³/mol. The van der Waals surface area contributed by atoms with E-state index in [2.05, 4.69) is 15.8 Å². The third-order valence-electron chi connectivity index (χ3n) is 3.81. The van der Waals surface area contributed by atoms with Gasteiger partial charge >= 0.3 is 0 Å². The molecule has 3 aromatic rings. The number of aromatic hydroxyl groups is 1. The Kier molecular flexibility index (Phi) is 4.95. The highest BCUT2D eigenvalue weighted by molar-refractivity contribution is 5.95. The van der Waals surface area contributed by atoms with Gasteiger partial charge in [0.05, 0.1) is 12.8 Å². The SMILES string of the molecule is Cc1ccc(/C=N\NC(=O)CNc2cccc3ccccc23)c(O)c1. The highest BCUT2D eigenvalue weighted by Crippen LogP contribution is 2.22. The summed E-state index contributed by atoms with van der Waals surface area (Å²) in [5.74, 6) is -0.136. The van der Waals surface area contributed by atoms with E-state index in [1.165, 1.54) is 6.21 Å². The molecular weight excluding hydrogens is 314 g/mol. The maximum atomic E-state index is 11.9. The van der Waals surface area contributed by atoms with Gasteiger partial charge < -0.3 is 10.4 Å². The maximum absolute atomic E-state index is 11.9. The number of amides is 1. The Morgan fingerprint density at radius 3 is 2.76 bits per heavy atom. The van der Waals surface area contributed by atoms with E-state index in [9.17, 15) is 9.90 Å². The van der Waals surface area contributed by atoms with Crippen molar-refractivity contribution in [3.63, 3.8) is 0 Å². The van der Waals surface area contributed by atoms with Gasteiger partial charge in [-0.3, -0.25) is 4.79 Å². The van der Waals surface area contributed by atoms with Gasteiger partial charge in [-0.25, -0.2) is 5.43 Å². The number of carbonyl (C=O) groups is 1. The van der Waals surface area contributed by atoms with E-state index in [0.29, 0.717) is 5.56 Å². The summed E-state index contributed by atoms with van der Waals surface area (Å²) in [6, 6.07) is 19.1. The summed E-state index contributed by atoms with van der Waals surface area (Å²) in [5.41, 5.74) is 4.85. The fraction of sp³-hybridized carbons (Fsp3) is 0.100. The number of phenols is 1. The van der Waals surface area contributed by atoms with Crippen molar-refractivity contribution in [1.82, 2.24) is 5.43 Å². The van der Waals surface area contributed by atoms with Crippen LogP contribution in [0, 0.1) is 6.92 Å². The minimum absolute atomic E-state index is 0.102. The first-order valence-corrected chi connectivity index (χ1v) is 7.96. The van der Waals surface area contributed by atoms with Crippen molar-refractivity contribution in [2.45, 2.75) is 6.92 Å². The molecular formula is C20H19N3O2. The van der Waals surface area contributed by atoms with Crippen molar-refractivity contribution in [2.24, 2.45) is 5.10 Å². The van der Waals surface area contributed by atoms with Crippen LogP contribution in [0.2, 0.25) is 0 Å². The lowest BCUT2D eigenvalue weighted by Crippen LogP contribution is -2.25. The van der Waals surface area contributed by atoms with Gasteiger partial charge in [0.2, 0.25) is 0 Å². The quantitative estimate of drug-likeness (QED) is 0.495. The molecule has 0 aliphatic carbocycles. The average molecular weight is 333 g/mol. The van der Waals surface area contributed by atoms with Crippen LogP contribution in [0.4, 0.5) is 5.69 Å². The molecule has 0 aliphatic heterocycles. The van der Waals surface area contributed by atoms with Crippen molar-refractivity contribution >= 4 is 28.6 Å². The van der Waals surface area contributed by atoms with Crippen molar-refractivity contribution in [1.29, 1.82) is 0 Å². The van der Waals surface area contributed by atoms with Gasteiger partial charge in [-0.05, 0) is 36.1 Å². The number of anilines is 1. The molecule has 1 amide bonds. The monoisotopic (exact) mass is 333 g/mol. The summed E-state index contributed by atoms with van der Waals surface area (Å²) in [6.07, 6.45) is 1.42. The number of phenolic OH excluding ortho intramolecular Hbond substituents is 1. The first kappa shape index (κ1) is 16.5. The second-order valence-corrected chi connectivity index (χ2v) is 5.74. The summed E-state index contributed by atoms with van der Waals surface area (Å²) in [5, 5.41) is 19.0. The number of hydrazone groups is 1. The smallest absolute Gasteiger partial charge is 0.259 e. The molecule has 0 saturated heterocycles. The number of hydrogen-bond acceptors (Lipinski definition) is 4. The fourth-order valence-electron chi connectivity index (χ4n) is 2.53. The molecule has 5 nitrogen and oxygen atoms in total. The molecule has 25 heavy (non-hydrogen) atoms. The van der Waals surface area contributed by atoms with Crippen LogP contribution in [0.15, 0.2) is 65.8 Å². The number of aryl methyl sites for hydroxylation is 1. The van der Waals surface area contributed by atoms with Crippen LogP contribution in [-0.4, -0.2) is 23.8 Å². The Morgan fingerprint density at radius 1 is 1.12 bits per heavy atom. The van der Waals surface area contributed by atoms with Crippen LogP contribution in [0.1, 0.15) is 11.1 Å². The van der Waals surface area contributed by atoms with Gasteiger partial charge in [0.1, 0.15) is 5.75 Å². The molecule has 0 fully saturated rings. The lowest BCUT2D eigenvalue weighted by molar-refractivity contribution is -0.119. The first-order chi connectivity index (χ1) is 12.1. The van der Waals surface area contributed by atoms with Crippen LogP contribution in [-0.2, 0) is 4.79 Å². The number of rotatable bonds is 5. The van der Waals surface area contributed by atoms with Crippen molar-refractivity contribution in [3.05, 3.63) is 71.8 Å². The standard InChI is InChI=1S/C20H19N3O2/c1-14-9-10-16(19(24)11-14)12-22-23-20(25)13-21-18-8-4-6-15-5-2-3-7-17(15)18/h2-12,21,24H,13H2,1H3,(H,23,25)/b22-12-. The van der Waals surface area contributed by atoms with Crippen molar-refractivity contribution < 1.29 is 9.90 Å². The number of hydrogen-bond donors (Lipinski definition) is 3. The van der Waals surface area contributed by atoms with Gasteiger partial charge in [0.25, 0.3) is 5.91 Å². The largest absolute Gasteiger partial charge is 0.507 e. The molecule has 3 aromatic carbocycles. The van der Waals surface area contributed by atoms with Crippen molar-refractivity contribution in [2.75, 3.05) is 11.9 Å². The molecule has 3 N–H and O–H groups in total. The summed E-state index contributed by atoms with van der Waals surface area (Å²) in [4.78, 5) is 11.9. The zero-order valence-corrected chi connectivity index (χ0v) is 13.9. The summed E-state index contributed by atoms with van der Waals surface area (Å²) in [6.45, 7) is 1.99. The van der Waals surface area contributed by atoms with Crippen LogP contribution in [0.25, 0.3) is 10.8 Å². The second kappa shape index (κ2) is 7.49. The molecule has 126 valence electrons. The van der Waals surface area contributed by atoms with E-state index in [1.807, 2.05) is 55.5 Å². The van der Waals surface area contributed by atoms with Gasteiger partial charge in [-0.15, -0.1) is 0 Å². The van der Waals surface area contributed by atoms with Gasteiger partial charge in [0, 0.05) is 16.6 Å². The Labute approximate surface area is 146 Å². The fourth-order valence-corrected chi connectivity index (χ4v) is 2.53. The molecule has 3 rings (SSSR count). The summed E-state index contributed by atoms with van der Waals surface area (Å²) in [7, 11) is 0. The predicted octanol–water partition coefficient (Wildman–Crippen LogP) is 3.42. The lowest BCUT2D eigenvalue weighted by Gasteiger charge is -2.08. The van der Waals surface area contributed by atoms with Gasteiger partial charge in [-0.1, -0.05) is 42.5 Å². The highest BCUT2D eigenvalue weighted by Gasteiger charge is 2.03. The highest BCUT2D eigenvalue weighted by atomic mass is 16.3. The van der Waals surface area contributed by atoms with E-state index in [4.69, 9.17) is 0 Å². The molecule has 0 heterocycles. The molecule has 0 radical (unpaired) electrons. The second-order valence-electron chi connectivity index (χ2n) is 5.74. The van der Waals surface area contributed by atoms with Crippen LogP contribution in [0.3, 0.4) is 0 Å². The Bertz CT molecular complexity index is 930. The number of benzene rings is 3. The molecule has 0 aliphatic rings. The summed E-state index contributed by atoms with van der Waals surface area (Å²) >= 11 is 0. The minimum atomic E-state index is -0.268. The van der Waals surface area contributed by atoms with E-state index < -0.39 is 0 Å². The normalized spacial score (nSPS) is 10.9. The average Bonchev–Trinajstić information content (AvgIpc) is 2.62. The van der Waals surface area contributed by atoms with Gasteiger partial charge in [0.15, 0.2) is 0 Å². The number of carbonyl (C=O) groups excluding carboxylic acids is 1. The number of fused-ring (bicyclic) bond motifs is 1. The molecule has 0 aromatic heterocycles. The molecule has 0 atom stereocenters. The van der Waals surface area contributed by atoms with E-state index in [-0.39, 0.29) is 18.2 Å². The van der Waals surface area contributed by atoms with Crippen molar-refractivity contribution in [3.8, 4) is 5.75 Å². The van der Waals surface area contributed by atoms with Crippen LogP contribution < -0.4 is 10.7 Å². The molecule has 0 saturated carbocycles. The Morgan fingerprint density at radius 2 is 1.92 bits per heavy atom. The summed E-state index contributed by atoms with van der Waals surface area (Å²) < 4.78 is 0. The number of nitrogens with one attached hydrogen (secondary N) is 2. The zero-order valence-electron chi connectivity index (χ0n) is 13.9. The minimum Gasteiger partial charge on any atom is -0.507 e. The maximum Gasteiger partial charge on any atom is 0.259 e. The topological polar surface area (TPSA) is 73.7 Å². The third-order valence-corrected chi connectivity index (χ3v) is 3.81. The van der Waals surface area contributed by atoms with Gasteiger partial charge in [-0.2, -0.15) is 5.10 Å². The molecule has 0 unspecified atom stereocenters. The lowest BCUT2D eigenvalue weighted by atomic mass is 10.1. The first-order valence-electron chi connectivity index (χ1n) is 7.96. The number of nitrogens with zero attached hydrogens (tertiary/aromatic N) is 1. The third kappa shape index (κ3) is 4.14. The Hall–Kier alpha value is -3.34. The Balaban J connectivity index is 1.58. The molecule has 5 heteroatoms. The molecule has 0 spiro atoms. The molecule has 0 bridgehead atoms. The van der Waals surface area contributed by atoms with E-state index >= 15 is 0 Å². The zero-order chi connectivity index (χ0) is 17.6. The van der Waals surface area contributed by atoms with E-state index in [0.717, 1.165) is 22.0 Å². The van der Waals surface area contributed by atoms with Crippen LogP contribution in [0.5, 0.6) is 5.75 Å².